The highest BCUT2D eigenvalue weighted by Gasteiger charge is 2.47. The maximum Gasteiger partial charge on any atom is 0.306 e. The second-order valence-corrected chi connectivity index (χ2v) is 20.8. The average Bonchev–Trinajstić information content (AvgIpc) is 3.42. The molecule has 11 unspecified atom stereocenters. The molecule has 14 heteroatoms. The minimum atomic E-state index is -1.71. The molecule has 0 bridgehead atoms. The summed E-state index contributed by atoms with van der Waals surface area (Å²) in [5, 5.41) is 72.4. The summed E-state index contributed by atoms with van der Waals surface area (Å²) in [7, 11) is 0. The summed E-state index contributed by atoms with van der Waals surface area (Å²) >= 11 is 0. The highest BCUT2D eigenvalue weighted by Crippen LogP contribution is 2.27. The second kappa shape index (κ2) is 48.3. The van der Waals surface area contributed by atoms with Gasteiger partial charge in [-0.1, -0.05) is 196 Å². The van der Waals surface area contributed by atoms with Crippen LogP contribution < -0.4 is 0 Å². The van der Waals surface area contributed by atoms with E-state index in [1.807, 2.05) is 0 Å². The van der Waals surface area contributed by atoms with Crippen LogP contribution in [0.2, 0.25) is 0 Å². The van der Waals surface area contributed by atoms with Crippen molar-refractivity contribution >= 4 is 5.97 Å². The number of hydrogen-bond donors (Lipinski definition) is 7. The molecule has 0 radical (unpaired) electrons. The van der Waals surface area contributed by atoms with Crippen LogP contribution in [0.5, 0.6) is 0 Å². The first-order valence-corrected chi connectivity index (χ1v) is 30.0. The normalized spacial score (nSPS) is 25.0. The summed E-state index contributed by atoms with van der Waals surface area (Å²) in [6.07, 6.45) is 45.3. The number of esters is 1. The number of allylic oxidation sites excluding steroid dienone is 12. The summed E-state index contributed by atoms with van der Waals surface area (Å²) in [5.41, 5.74) is 0. The van der Waals surface area contributed by atoms with E-state index in [1.165, 1.54) is 103 Å². The molecule has 76 heavy (non-hydrogen) atoms. The van der Waals surface area contributed by atoms with E-state index in [9.17, 15) is 40.5 Å². The van der Waals surface area contributed by atoms with Crippen molar-refractivity contribution < 1.29 is 69.0 Å². The lowest BCUT2D eigenvalue weighted by atomic mass is 9.98. The first kappa shape index (κ1) is 69.5. The van der Waals surface area contributed by atoms with Crippen molar-refractivity contribution in [2.75, 3.05) is 33.0 Å². The SMILES string of the molecule is CC/C=C\C/C=C\C/C=C\C/C=C\CCCCCCCCCCCCCOCC(COC1OC(COC2OC(CO)C(O)C(O)C2O)C(O)C(O)C1O)OC(=O)CCCCCCCCC/C=C\C/C=C\CCCCCC. The molecule has 0 aromatic carbocycles. The Bertz CT molecular complexity index is 1530. The van der Waals surface area contributed by atoms with Gasteiger partial charge in [0.05, 0.1) is 26.4 Å². The largest absolute Gasteiger partial charge is 0.457 e. The molecular weight excluding hydrogens is 969 g/mol. The monoisotopic (exact) mass is 1080 g/mol. The molecule has 2 rings (SSSR count). The molecule has 0 aromatic heterocycles. The van der Waals surface area contributed by atoms with Crippen LogP contribution in [-0.4, -0.2) is 142 Å². The van der Waals surface area contributed by atoms with Crippen LogP contribution in [0.15, 0.2) is 72.9 Å². The van der Waals surface area contributed by atoms with Crippen LogP contribution in [0.3, 0.4) is 0 Å². The van der Waals surface area contributed by atoms with E-state index in [4.69, 9.17) is 28.4 Å². The maximum absolute atomic E-state index is 13.1. The fraction of sp³-hybridized carbons (Fsp3) is 0.790. The third-order valence-electron chi connectivity index (χ3n) is 13.9. The highest BCUT2D eigenvalue weighted by molar-refractivity contribution is 5.69. The Morgan fingerprint density at radius 3 is 1.34 bits per heavy atom. The lowest BCUT2D eigenvalue weighted by Crippen LogP contribution is -2.61. The van der Waals surface area contributed by atoms with Gasteiger partial charge in [-0.3, -0.25) is 4.79 Å². The maximum atomic E-state index is 13.1. The Labute approximate surface area is 459 Å². The molecule has 0 aliphatic carbocycles. The van der Waals surface area contributed by atoms with E-state index in [0.717, 1.165) is 83.5 Å². The highest BCUT2D eigenvalue weighted by atomic mass is 16.7. The molecule has 7 N–H and O–H groups in total. The van der Waals surface area contributed by atoms with Crippen molar-refractivity contribution in [3.05, 3.63) is 72.9 Å². The molecule has 2 aliphatic heterocycles. The summed E-state index contributed by atoms with van der Waals surface area (Å²) in [5.74, 6) is -0.386. The van der Waals surface area contributed by atoms with Crippen LogP contribution in [0, 0.1) is 0 Å². The van der Waals surface area contributed by atoms with Crippen LogP contribution in [-0.2, 0) is 33.2 Å². The first-order valence-electron chi connectivity index (χ1n) is 30.0. The summed E-state index contributed by atoms with van der Waals surface area (Å²) in [6, 6.07) is 0. The Hall–Kier alpha value is -2.57. The summed E-state index contributed by atoms with van der Waals surface area (Å²) in [4.78, 5) is 13.1. The van der Waals surface area contributed by atoms with Crippen molar-refractivity contribution in [1.29, 1.82) is 0 Å². The average molecular weight is 1080 g/mol. The predicted octanol–water partition coefficient (Wildman–Crippen LogP) is 11.0. The number of unbranched alkanes of at least 4 members (excludes halogenated alkanes) is 22. The van der Waals surface area contributed by atoms with E-state index in [1.54, 1.807) is 0 Å². The molecule has 2 heterocycles. The minimum Gasteiger partial charge on any atom is -0.457 e. The molecule has 2 saturated heterocycles. The van der Waals surface area contributed by atoms with E-state index < -0.39 is 80.7 Å². The number of hydrogen-bond acceptors (Lipinski definition) is 14. The van der Waals surface area contributed by atoms with E-state index in [-0.39, 0.29) is 25.6 Å². The standard InChI is InChI=1S/C62H108O14/c1-3-5-7-9-11-13-15-17-19-21-23-24-25-26-27-28-30-32-34-36-38-40-42-44-46-71-48-51(74-54(64)45-43-41-39-37-35-33-31-29-22-20-18-16-14-12-10-8-6-4-2)49-72-61-60(70)58(68)56(66)53(76-61)50-73-62-59(69)57(67)55(65)52(47-63)75-62/h5,7,11,13-14,16-17,19-20,22-24,51-53,55-63,65-70H,3-4,6,8-10,12,15,18,21,25-50H2,1-2H3/b7-5-,13-11-,16-14-,19-17-,22-20-,24-23-. The fourth-order valence-corrected chi connectivity index (χ4v) is 9.13. The zero-order chi connectivity index (χ0) is 55.1. The van der Waals surface area contributed by atoms with Gasteiger partial charge >= 0.3 is 5.97 Å². The quantitative estimate of drug-likeness (QED) is 0.0172. The van der Waals surface area contributed by atoms with Gasteiger partial charge in [0.2, 0.25) is 0 Å². The smallest absolute Gasteiger partial charge is 0.306 e. The third-order valence-corrected chi connectivity index (χ3v) is 13.9. The van der Waals surface area contributed by atoms with Gasteiger partial charge in [0.25, 0.3) is 0 Å². The van der Waals surface area contributed by atoms with Gasteiger partial charge < -0.3 is 64.2 Å². The van der Waals surface area contributed by atoms with Gasteiger partial charge in [0.1, 0.15) is 54.9 Å². The van der Waals surface area contributed by atoms with Crippen molar-refractivity contribution in [3.63, 3.8) is 0 Å². The van der Waals surface area contributed by atoms with Gasteiger partial charge in [-0.25, -0.2) is 0 Å². The van der Waals surface area contributed by atoms with Crippen molar-refractivity contribution in [1.82, 2.24) is 0 Å². The van der Waals surface area contributed by atoms with Gasteiger partial charge in [0.15, 0.2) is 12.6 Å². The lowest BCUT2D eigenvalue weighted by molar-refractivity contribution is -0.332. The first-order chi connectivity index (χ1) is 37.1. The predicted molar refractivity (Wildman–Crippen MR) is 302 cm³/mol. The van der Waals surface area contributed by atoms with E-state index in [0.29, 0.717) is 13.0 Å². The fourth-order valence-electron chi connectivity index (χ4n) is 9.13. The number of ether oxygens (including phenoxy) is 6. The summed E-state index contributed by atoms with van der Waals surface area (Å²) in [6.45, 7) is 3.55. The van der Waals surface area contributed by atoms with Gasteiger partial charge in [0, 0.05) is 13.0 Å². The number of carbonyl (C=O) groups excluding carboxylic acids is 1. The molecule has 0 saturated carbocycles. The van der Waals surface area contributed by atoms with Crippen LogP contribution in [0.4, 0.5) is 0 Å². The molecular formula is C62H108O14. The van der Waals surface area contributed by atoms with E-state index in [2.05, 4.69) is 86.8 Å². The number of aliphatic hydroxyl groups excluding tert-OH is 7. The Morgan fingerprint density at radius 2 is 0.855 bits per heavy atom. The Kier molecular flexibility index (Phi) is 44.2. The topological polar surface area (TPSA) is 214 Å². The summed E-state index contributed by atoms with van der Waals surface area (Å²) < 4.78 is 34.4. The molecule has 2 fully saturated rings. The molecule has 0 spiro atoms. The van der Waals surface area contributed by atoms with Crippen LogP contribution in [0.25, 0.3) is 0 Å². The van der Waals surface area contributed by atoms with E-state index >= 15 is 0 Å². The van der Waals surface area contributed by atoms with Gasteiger partial charge in [-0.15, -0.1) is 0 Å². The number of rotatable bonds is 48. The zero-order valence-electron chi connectivity index (χ0n) is 47.2. The minimum absolute atomic E-state index is 0.0534. The second-order valence-electron chi connectivity index (χ2n) is 20.8. The zero-order valence-corrected chi connectivity index (χ0v) is 47.2. The molecule has 0 aromatic rings. The number of aliphatic hydroxyl groups is 7. The molecule has 0 amide bonds. The van der Waals surface area contributed by atoms with Crippen molar-refractivity contribution in [2.45, 2.75) is 280 Å². The van der Waals surface area contributed by atoms with Crippen molar-refractivity contribution in [2.24, 2.45) is 0 Å². The third kappa shape index (κ3) is 34.4. The molecule has 14 nitrogen and oxygen atoms in total. The molecule has 11 atom stereocenters. The Balaban J connectivity index is 1.70. The lowest BCUT2D eigenvalue weighted by Gasteiger charge is -2.42. The molecule has 440 valence electrons. The van der Waals surface area contributed by atoms with Crippen molar-refractivity contribution in [3.8, 4) is 0 Å². The van der Waals surface area contributed by atoms with Gasteiger partial charge in [-0.05, 0) is 83.5 Å². The van der Waals surface area contributed by atoms with Crippen LogP contribution >= 0.6 is 0 Å². The van der Waals surface area contributed by atoms with Crippen LogP contribution in [0.1, 0.15) is 213 Å². The van der Waals surface area contributed by atoms with Gasteiger partial charge in [-0.2, -0.15) is 0 Å². The number of carbonyl (C=O) groups is 1. The Morgan fingerprint density at radius 1 is 0.447 bits per heavy atom. The molecule has 2 aliphatic rings.